The molecule has 19 heavy (non-hydrogen) atoms. The molecule has 0 spiro atoms. The highest BCUT2D eigenvalue weighted by Gasteiger charge is 2.40. The molecule has 0 bridgehead atoms. The lowest BCUT2D eigenvalue weighted by atomic mass is 10.3. The quantitative estimate of drug-likeness (QED) is 0.851. The fourth-order valence-electron chi connectivity index (χ4n) is 1.68. The lowest BCUT2D eigenvalue weighted by Gasteiger charge is -2.06. The molecule has 0 atom stereocenters. The highest BCUT2D eigenvalue weighted by molar-refractivity contribution is 5.91. The summed E-state index contributed by atoms with van der Waals surface area (Å²) in [6.45, 7) is 1.47. The zero-order valence-electron chi connectivity index (χ0n) is 9.86. The molecule has 5 nitrogen and oxygen atoms in total. The lowest BCUT2D eigenvalue weighted by molar-refractivity contribution is -0.141. The van der Waals surface area contributed by atoms with Crippen molar-refractivity contribution in [1.29, 1.82) is 0 Å². The minimum absolute atomic E-state index is 0.0360. The number of esters is 1. The van der Waals surface area contributed by atoms with E-state index in [0.29, 0.717) is 0 Å². The van der Waals surface area contributed by atoms with E-state index in [0.717, 1.165) is 4.40 Å². The van der Waals surface area contributed by atoms with E-state index in [4.69, 9.17) is 5.73 Å². The van der Waals surface area contributed by atoms with Gasteiger partial charge >= 0.3 is 12.1 Å². The van der Waals surface area contributed by atoms with Crippen molar-refractivity contribution in [3.05, 3.63) is 29.7 Å². The maximum Gasteiger partial charge on any atom is 0.435 e. The van der Waals surface area contributed by atoms with Crippen LogP contribution in [0.5, 0.6) is 0 Å². The van der Waals surface area contributed by atoms with Gasteiger partial charge in [-0.2, -0.15) is 13.2 Å². The number of nitrogen functional groups attached to an aromatic ring is 1. The zero-order chi connectivity index (χ0) is 14.2. The summed E-state index contributed by atoms with van der Waals surface area (Å²) in [6.07, 6.45) is -3.49. The van der Waals surface area contributed by atoms with Gasteiger partial charge in [0, 0.05) is 6.20 Å². The average Bonchev–Trinajstić information content (AvgIpc) is 2.70. The number of pyridine rings is 1. The molecular formula is C11H10F3N3O2. The molecule has 8 heteroatoms. The second-order valence-electron chi connectivity index (χ2n) is 3.68. The number of hydrogen-bond donors (Lipinski definition) is 1. The van der Waals surface area contributed by atoms with Gasteiger partial charge in [-0.25, -0.2) is 9.78 Å². The predicted molar refractivity (Wildman–Crippen MR) is 60.6 cm³/mol. The molecule has 0 aliphatic rings. The molecule has 0 aliphatic heterocycles. The lowest BCUT2D eigenvalue weighted by Crippen LogP contribution is -2.16. The minimum Gasteiger partial charge on any atom is -0.461 e. The van der Waals surface area contributed by atoms with Crippen LogP contribution < -0.4 is 5.73 Å². The van der Waals surface area contributed by atoms with Gasteiger partial charge in [0.05, 0.1) is 12.3 Å². The first-order chi connectivity index (χ1) is 8.86. The number of aromatic nitrogens is 2. The SMILES string of the molecule is CCOC(=O)c1c(C(F)(F)F)nc2c(N)cccn12. The minimum atomic E-state index is -4.76. The van der Waals surface area contributed by atoms with E-state index in [-0.39, 0.29) is 17.9 Å². The molecule has 0 aromatic carbocycles. The molecule has 102 valence electrons. The van der Waals surface area contributed by atoms with Crippen LogP contribution in [0, 0.1) is 0 Å². The van der Waals surface area contributed by atoms with E-state index in [1.54, 1.807) is 0 Å². The van der Waals surface area contributed by atoms with Crippen LogP contribution in [0.4, 0.5) is 18.9 Å². The Balaban J connectivity index is 2.76. The van der Waals surface area contributed by atoms with Crippen LogP contribution in [0.3, 0.4) is 0 Å². The number of imidazole rings is 1. The summed E-state index contributed by atoms with van der Waals surface area (Å²) in [6, 6.07) is 2.82. The third-order valence-corrected chi connectivity index (χ3v) is 2.42. The van der Waals surface area contributed by atoms with Crippen LogP contribution in [-0.4, -0.2) is 22.0 Å². The van der Waals surface area contributed by atoms with Crippen molar-refractivity contribution in [2.45, 2.75) is 13.1 Å². The monoisotopic (exact) mass is 273 g/mol. The van der Waals surface area contributed by atoms with Gasteiger partial charge in [-0.15, -0.1) is 0 Å². The van der Waals surface area contributed by atoms with Crippen molar-refractivity contribution in [3.63, 3.8) is 0 Å². The molecule has 2 aromatic rings. The van der Waals surface area contributed by atoms with Gasteiger partial charge in [0.15, 0.2) is 17.0 Å². The van der Waals surface area contributed by atoms with Crippen LogP contribution in [0.25, 0.3) is 5.65 Å². The second kappa shape index (κ2) is 4.45. The molecule has 0 unspecified atom stereocenters. The Morgan fingerprint density at radius 3 is 2.79 bits per heavy atom. The van der Waals surface area contributed by atoms with Crippen LogP contribution in [0.1, 0.15) is 23.1 Å². The molecule has 2 aromatic heterocycles. The highest BCUT2D eigenvalue weighted by atomic mass is 19.4. The van der Waals surface area contributed by atoms with E-state index in [9.17, 15) is 18.0 Å². The number of carbonyl (C=O) groups excluding carboxylic acids is 1. The van der Waals surface area contributed by atoms with Gasteiger partial charge in [0.1, 0.15) is 0 Å². The number of nitrogens with two attached hydrogens (primary N) is 1. The smallest absolute Gasteiger partial charge is 0.435 e. The van der Waals surface area contributed by atoms with Crippen LogP contribution in [0.2, 0.25) is 0 Å². The van der Waals surface area contributed by atoms with E-state index < -0.39 is 23.5 Å². The number of halogens is 3. The van der Waals surface area contributed by atoms with Crippen LogP contribution in [-0.2, 0) is 10.9 Å². The first-order valence-electron chi connectivity index (χ1n) is 5.37. The zero-order valence-corrected chi connectivity index (χ0v) is 9.86. The fraction of sp³-hybridized carbons (Fsp3) is 0.273. The normalized spacial score (nSPS) is 11.8. The molecule has 0 aliphatic carbocycles. The molecular weight excluding hydrogens is 263 g/mol. The standard InChI is InChI=1S/C11H10F3N3O2/c1-2-19-10(18)7-8(11(12,13)14)16-9-6(15)4-3-5-17(7)9/h3-5H,2,15H2,1H3. The van der Waals surface area contributed by atoms with E-state index in [2.05, 4.69) is 9.72 Å². The number of fused-ring (bicyclic) bond motifs is 1. The van der Waals surface area contributed by atoms with Crippen molar-refractivity contribution < 1.29 is 22.7 Å². The first-order valence-corrected chi connectivity index (χ1v) is 5.37. The topological polar surface area (TPSA) is 69.6 Å². The number of nitrogens with zero attached hydrogens (tertiary/aromatic N) is 2. The molecule has 0 saturated heterocycles. The Labute approximate surface area is 105 Å². The number of ether oxygens (including phenoxy) is 1. The van der Waals surface area contributed by atoms with Crippen molar-refractivity contribution in [2.24, 2.45) is 0 Å². The average molecular weight is 273 g/mol. The number of alkyl halides is 3. The molecule has 0 saturated carbocycles. The van der Waals surface area contributed by atoms with Crippen molar-refractivity contribution >= 4 is 17.3 Å². The maximum atomic E-state index is 12.9. The molecule has 0 radical (unpaired) electrons. The third kappa shape index (κ3) is 2.20. The molecule has 0 fully saturated rings. The van der Waals surface area contributed by atoms with Crippen molar-refractivity contribution in [2.75, 3.05) is 12.3 Å². The Bertz CT molecular complexity index is 634. The maximum absolute atomic E-state index is 12.9. The molecule has 2 heterocycles. The summed E-state index contributed by atoms with van der Waals surface area (Å²) in [7, 11) is 0. The van der Waals surface area contributed by atoms with Crippen LogP contribution >= 0.6 is 0 Å². The van der Waals surface area contributed by atoms with E-state index in [1.807, 2.05) is 0 Å². The second-order valence-corrected chi connectivity index (χ2v) is 3.68. The third-order valence-electron chi connectivity index (χ3n) is 2.42. The Morgan fingerprint density at radius 1 is 1.53 bits per heavy atom. The summed E-state index contributed by atoms with van der Waals surface area (Å²) < 4.78 is 44.3. The summed E-state index contributed by atoms with van der Waals surface area (Å²) in [4.78, 5) is 15.1. The van der Waals surface area contributed by atoms with E-state index in [1.165, 1.54) is 25.3 Å². The summed E-state index contributed by atoms with van der Waals surface area (Å²) in [5.74, 6) is -1.09. The summed E-state index contributed by atoms with van der Waals surface area (Å²) >= 11 is 0. The largest absolute Gasteiger partial charge is 0.461 e. The van der Waals surface area contributed by atoms with Gasteiger partial charge in [-0.05, 0) is 19.1 Å². The van der Waals surface area contributed by atoms with Gasteiger partial charge in [-0.1, -0.05) is 0 Å². The summed E-state index contributed by atoms with van der Waals surface area (Å²) in [5.41, 5.74) is 3.50. The number of anilines is 1. The Hall–Kier alpha value is -2.25. The van der Waals surface area contributed by atoms with Gasteiger partial charge < -0.3 is 10.5 Å². The van der Waals surface area contributed by atoms with Crippen molar-refractivity contribution in [3.8, 4) is 0 Å². The Morgan fingerprint density at radius 2 is 2.21 bits per heavy atom. The summed E-state index contributed by atoms with van der Waals surface area (Å²) in [5, 5.41) is 0. The number of rotatable bonds is 2. The molecule has 2 N–H and O–H groups in total. The van der Waals surface area contributed by atoms with E-state index >= 15 is 0 Å². The Kier molecular flexibility index (Phi) is 3.09. The number of carbonyl (C=O) groups is 1. The van der Waals surface area contributed by atoms with Gasteiger partial charge in [-0.3, -0.25) is 4.40 Å². The van der Waals surface area contributed by atoms with Gasteiger partial charge in [0.25, 0.3) is 0 Å². The van der Waals surface area contributed by atoms with Crippen LogP contribution in [0.15, 0.2) is 18.3 Å². The number of hydrogen-bond acceptors (Lipinski definition) is 4. The highest BCUT2D eigenvalue weighted by Crippen LogP contribution is 2.33. The van der Waals surface area contributed by atoms with Gasteiger partial charge in [0.2, 0.25) is 0 Å². The molecule has 0 amide bonds. The first kappa shape index (κ1) is 13.2. The van der Waals surface area contributed by atoms with Crippen molar-refractivity contribution in [1.82, 2.24) is 9.38 Å². The molecule has 2 rings (SSSR count). The predicted octanol–water partition coefficient (Wildman–Crippen LogP) is 2.11. The fourth-order valence-corrected chi connectivity index (χ4v) is 1.68.